The standard InChI is InChI=1S/C14H18N4OS/c1-11-15-8-13(20-11)10-17-7-3-4-12(17)9-18-14(19)5-2-6-16-18/h2,5-6,8,12H,3-4,7,9-10H2,1H3. The van der Waals surface area contributed by atoms with E-state index in [4.69, 9.17) is 0 Å². The molecule has 0 aromatic carbocycles. The van der Waals surface area contributed by atoms with Crippen LogP contribution in [0.2, 0.25) is 0 Å². The number of likely N-dealkylation sites (tertiary alicyclic amines) is 1. The van der Waals surface area contributed by atoms with Gasteiger partial charge in [-0.2, -0.15) is 5.10 Å². The lowest BCUT2D eigenvalue weighted by molar-refractivity contribution is 0.218. The van der Waals surface area contributed by atoms with Gasteiger partial charge in [0, 0.05) is 35.9 Å². The summed E-state index contributed by atoms with van der Waals surface area (Å²) in [7, 11) is 0. The molecule has 20 heavy (non-hydrogen) atoms. The first-order chi connectivity index (χ1) is 9.72. The summed E-state index contributed by atoms with van der Waals surface area (Å²) in [6.07, 6.45) is 5.94. The van der Waals surface area contributed by atoms with Crippen LogP contribution in [-0.2, 0) is 13.1 Å². The van der Waals surface area contributed by atoms with Crippen molar-refractivity contribution in [2.24, 2.45) is 0 Å². The molecule has 6 heteroatoms. The first kappa shape index (κ1) is 13.5. The van der Waals surface area contributed by atoms with Crippen LogP contribution >= 0.6 is 11.3 Å². The summed E-state index contributed by atoms with van der Waals surface area (Å²) < 4.78 is 1.57. The van der Waals surface area contributed by atoms with E-state index < -0.39 is 0 Å². The summed E-state index contributed by atoms with van der Waals surface area (Å²) in [6.45, 7) is 4.72. The molecule has 1 saturated heterocycles. The summed E-state index contributed by atoms with van der Waals surface area (Å²) in [5.74, 6) is 0. The molecule has 106 valence electrons. The van der Waals surface area contributed by atoms with Crippen LogP contribution in [0.4, 0.5) is 0 Å². The van der Waals surface area contributed by atoms with E-state index in [0.717, 1.165) is 24.5 Å². The quantitative estimate of drug-likeness (QED) is 0.859. The molecular formula is C14H18N4OS. The average molecular weight is 290 g/mol. The summed E-state index contributed by atoms with van der Waals surface area (Å²) in [5, 5.41) is 5.26. The molecule has 0 aliphatic carbocycles. The smallest absolute Gasteiger partial charge is 0.266 e. The molecule has 1 aliphatic heterocycles. The summed E-state index contributed by atoms with van der Waals surface area (Å²) in [4.78, 5) is 19.8. The zero-order valence-corrected chi connectivity index (χ0v) is 12.3. The third-order valence-corrected chi connectivity index (χ3v) is 4.59. The van der Waals surface area contributed by atoms with Crippen LogP contribution in [0.1, 0.15) is 22.7 Å². The molecule has 1 fully saturated rings. The second-order valence-corrected chi connectivity index (χ2v) is 6.48. The van der Waals surface area contributed by atoms with Crippen LogP contribution in [0, 0.1) is 6.92 Å². The number of aryl methyl sites for hydroxylation is 1. The molecule has 3 rings (SSSR count). The molecule has 1 atom stereocenters. The fraction of sp³-hybridized carbons (Fsp3) is 0.500. The maximum Gasteiger partial charge on any atom is 0.266 e. The van der Waals surface area contributed by atoms with E-state index in [2.05, 4.69) is 15.0 Å². The molecule has 5 nitrogen and oxygen atoms in total. The van der Waals surface area contributed by atoms with Crippen LogP contribution in [0.5, 0.6) is 0 Å². The highest BCUT2D eigenvalue weighted by Gasteiger charge is 2.25. The summed E-state index contributed by atoms with van der Waals surface area (Å²) in [6, 6.07) is 3.65. The molecule has 2 aromatic rings. The second kappa shape index (κ2) is 5.85. The van der Waals surface area contributed by atoms with Crippen molar-refractivity contribution in [1.29, 1.82) is 0 Å². The van der Waals surface area contributed by atoms with E-state index in [1.54, 1.807) is 34.3 Å². The molecule has 2 aromatic heterocycles. The van der Waals surface area contributed by atoms with Crippen molar-refractivity contribution in [2.75, 3.05) is 6.54 Å². The monoisotopic (exact) mass is 290 g/mol. The van der Waals surface area contributed by atoms with Gasteiger partial charge in [-0.25, -0.2) is 9.67 Å². The molecule has 1 aliphatic rings. The maximum atomic E-state index is 11.7. The zero-order valence-electron chi connectivity index (χ0n) is 11.5. The lowest BCUT2D eigenvalue weighted by Gasteiger charge is -2.23. The Kier molecular flexibility index (Phi) is 3.93. The highest BCUT2D eigenvalue weighted by atomic mass is 32.1. The van der Waals surface area contributed by atoms with Crippen molar-refractivity contribution in [3.05, 3.63) is 44.8 Å². The van der Waals surface area contributed by atoms with E-state index in [1.165, 1.54) is 11.3 Å². The normalized spacial score (nSPS) is 19.6. The first-order valence-electron chi connectivity index (χ1n) is 6.90. The van der Waals surface area contributed by atoms with Gasteiger partial charge in [0.2, 0.25) is 0 Å². The Morgan fingerprint density at radius 2 is 2.40 bits per heavy atom. The number of hydrogen-bond donors (Lipinski definition) is 0. The molecule has 3 heterocycles. The first-order valence-corrected chi connectivity index (χ1v) is 7.71. The van der Waals surface area contributed by atoms with Crippen LogP contribution in [0.15, 0.2) is 29.3 Å². The van der Waals surface area contributed by atoms with Gasteiger partial charge in [0.05, 0.1) is 11.6 Å². The Bertz CT molecular complexity index is 636. The fourth-order valence-electron chi connectivity index (χ4n) is 2.71. The number of thiazole rings is 1. The second-order valence-electron chi connectivity index (χ2n) is 5.16. The molecule has 1 unspecified atom stereocenters. The minimum absolute atomic E-state index is 0.0204. The summed E-state index contributed by atoms with van der Waals surface area (Å²) >= 11 is 1.75. The van der Waals surface area contributed by atoms with Gasteiger partial charge in [0.15, 0.2) is 0 Å². The van der Waals surface area contributed by atoms with Crippen molar-refractivity contribution in [2.45, 2.75) is 38.9 Å². The average Bonchev–Trinajstić information content (AvgIpc) is 3.03. The SMILES string of the molecule is Cc1ncc(CN2CCCC2Cn2ncccc2=O)s1. The Labute approximate surface area is 121 Å². The zero-order chi connectivity index (χ0) is 13.9. The molecule has 0 saturated carbocycles. The van der Waals surface area contributed by atoms with Crippen LogP contribution < -0.4 is 5.56 Å². The predicted molar refractivity (Wildman–Crippen MR) is 78.8 cm³/mol. The third kappa shape index (κ3) is 2.96. The van der Waals surface area contributed by atoms with Crippen molar-refractivity contribution in [3.63, 3.8) is 0 Å². The van der Waals surface area contributed by atoms with Gasteiger partial charge in [0.1, 0.15) is 0 Å². The number of rotatable bonds is 4. The van der Waals surface area contributed by atoms with E-state index in [-0.39, 0.29) is 5.56 Å². The van der Waals surface area contributed by atoms with Gasteiger partial charge in [-0.3, -0.25) is 9.69 Å². The lowest BCUT2D eigenvalue weighted by Crippen LogP contribution is -2.36. The maximum absolute atomic E-state index is 11.7. The number of aromatic nitrogens is 3. The Morgan fingerprint density at radius 1 is 1.50 bits per heavy atom. The van der Waals surface area contributed by atoms with Gasteiger partial charge >= 0.3 is 0 Å². The van der Waals surface area contributed by atoms with Crippen molar-refractivity contribution in [1.82, 2.24) is 19.7 Å². The van der Waals surface area contributed by atoms with Gasteiger partial charge in [-0.15, -0.1) is 11.3 Å². The highest BCUT2D eigenvalue weighted by Crippen LogP contribution is 2.23. The highest BCUT2D eigenvalue weighted by molar-refractivity contribution is 7.11. The Morgan fingerprint density at radius 3 is 3.15 bits per heavy atom. The minimum atomic E-state index is -0.0204. The third-order valence-electron chi connectivity index (χ3n) is 3.70. The van der Waals surface area contributed by atoms with E-state index in [9.17, 15) is 4.79 Å². The fourth-order valence-corrected chi connectivity index (χ4v) is 3.53. The molecule has 0 bridgehead atoms. The van der Waals surface area contributed by atoms with Gasteiger partial charge in [0.25, 0.3) is 5.56 Å². The van der Waals surface area contributed by atoms with Crippen molar-refractivity contribution >= 4 is 11.3 Å². The van der Waals surface area contributed by atoms with Crippen LogP contribution in [-0.4, -0.2) is 32.3 Å². The Hall–Kier alpha value is -1.53. The van der Waals surface area contributed by atoms with E-state index in [1.807, 2.05) is 13.1 Å². The van der Waals surface area contributed by atoms with Gasteiger partial charge in [-0.1, -0.05) is 0 Å². The van der Waals surface area contributed by atoms with Crippen molar-refractivity contribution < 1.29 is 0 Å². The van der Waals surface area contributed by atoms with E-state index >= 15 is 0 Å². The molecule has 0 N–H and O–H groups in total. The van der Waals surface area contributed by atoms with E-state index in [0.29, 0.717) is 12.6 Å². The van der Waals surface area contributed by atoms with Gasteiger partial charge < -0.3 is 0 Å². The largest absolute Gasteiger partial charge is 0.293 e. The molecule has 0 radical (unpaired) electrons. The topological polar surface area (TPSA) is 51.0 Å². The minimum Gasteiger partial charge on any atom is -0.293 e. The number of hydrogen-bond acceptors (Lipinski definition) is 5. The summed E-state index contributed by atoms with van der Waals surface area (Å²) in [5.41, 5.74) is -0.0204. The number of nitrogens with zero attached hydrogens (tertiary/aromatic N) is 4. The molecule has 0 amide bonds. The van der Waals surface area contributed by atoms with Crippen LogP contribution in [0.25, 0.3) is 0 Å². The van der Waals surface area contributed by atoms with Crippen molar-refractivity contribution in [3.8, 4) is 0 Å². The predicted octanol–water partition coefficient (Wildman–Crippen LogP) is 1.67. The van der Waals surface area contributed by atoms with Gasteiger partial charge in [-0.05, 0) is 32.4 Å². The molecule has 0 spiro atoms. The molecular weight excluding hydrogens is 272 g/mol. The lowest BCUT2D eigenvalue weighted by atomic mass is 10.2. The van der Waals surface area contributed by atoms with Crippen LogP contribution in [0.3, 0.4) is 0 Å². The Balaban J connectivity index is 1.69.